The second-order valence-corrected chi connectivity index (χ2v) is 3.99. The molecule has 0 aliphatic heterocycles. The molecule has 0 aliphatic carbocycles. The first kappa shape index (κ1) is 12.1. The summed E-state index contributed by atoms with van der Waals surface area (Å²) in [5.41, 5.74) is 2.65. The third kappa shape index (κ3) is 3.08. The molecule has 0 N–H and O–H groups in total. The van der Waals surface area contributed by atoms with Gasteiger partial charge >= 0.3 is 0 Å². The highest BCUT2D eigenvalue weighted by atomic mass is 16.5. The Morgan fingerprint density at radius 3 is 2.06 bits per heavy atom. The molecular formula is C16H15NO. The average molecular weight is 237 g/mol. The molecule has 2 rings (SSSR count). The minimum atomic E-state index is 0.652. The van der Waals surface area contributed by atoms with Crippen molar-refractivity contribution in [2.24, 2.45) is 0 Å². The summed E-state index contributed by atoms with van der Waals surface area (Å²) in [6, 6.07) is 19.6. The molecule has 0 unspecified atom stereocenters. The number of hydrogen-bond donors (Lipinski definition) is 0. The highest BCUT2D eigenvalue weighted by Crippen LogP contribution is 2.06. The van der Waals surface area contributed by atoms with Crippen LogP contribution in [0.4, 0.5) is 0 Å². The van der Waals surface area contributed by atoms with Crippen molar-refractivity contribution >= 4 is 11.8 Å². The van der Waals surface area contributed by atoms with E-state index in [0.717, 1.165) is 15.9 Å². The number of nitrogens with zero attached hydrogens (tertiary/aromatic N) is 1. The van der Waals surface area contributed by atoms with E-state index >= 15 is 0 Å². The summed E-state index contributed by atoms with van der Waals surface area (Å²) in [4.78, 5) is 0. The van der Waals surface area contributed by atoms with Crippen molar-refractivity contribution in [3.05, 3.63) is 83.1 Å². The third-order valence-corrected chi connectivity index (χ3v) is 2.64. The molecule has 0 aliphatic rings. The second-order valence-electron chi connectivity index (χ2n) is 3.99. The Kier molecular flexibility index (Phi) is 3.92. The van der Waals surface area contributed by atoms with E-state index in [0.29, 0.717) is 5.71 Å². The topological polar surface area (TPSA) is 26.1 Å². The van der Waals surface area contributed by atoms with Crippen LogP contribution >= 0.6 is 0 Å². The van der Waals surface area contributed by atoms with E-state index < -0.39 is 0 Å². The van der Waals surface area contributed by atoms with E-state index in [2.05, 4.69) is 0 Å². The largest absolute Gasteiger partial charge is 0.624 e. The Morgan fingerprint density at radius 2 is 1.50 bits per heavy atom. The monoisotopic (exact) mass is 237 g/mol. The van der Waals surface area contributed by atoms with Crippen LogP contribution < -0.4 is 0 Å². The lowest BCUT2D eigenvalue weighted by atomic mass is 10.1. The SMILES string of the molecule is C/[N+]([O-])=C(\C=C\c1ccccc1)c1ccccc1. The van der Waals surface area contributed by atoms with Crippen molar-refractivity contribution in [2.75, 3.05) is 7.05 Å². The van der Waals surface area contributed by atoms with Gasteiger partial charge in [-0.25, -0.2) is 4.74 Å². The molecule has 0 bridgehead atoms. The van der Waals surface area contributed by atoms with Gasteiger partial charge < -0.3 is 5.21 Å². The van der Waals surface area contributed by atoms with Crippen LogP contribution in [-0.4, -0.2) is 17.5 Å². The molecule has 2 heteroatoms. The fourth-order valence-electron chi connectivity index (χ4n) is 1.73. The smallest absolute Gasteiger partial charge is 0.218 e. The van der Waals surface area contributed by atoms with Gasteiger partial charge in [-0.1, -0.05) is 48.5 Å². The lowest BCUT2D eigenvalue weighted by molar-refractivity contribution is -0.421. The van der Waals surface area contributed by atoms with Crippen LogP contribution in [0.1, 0.15) is 11.1 Å². The Bertz CT molecular complexity index is 552. The van der Waals surface area contributed by atoms with E-state index in [4.69, 9.17) is 0 Å². The zero-order valence-corrected chi connectivity index (χ0v) is 10.3. The summed E-state index contributed by atoms with van der Waals surface area (Å²) in [6.07, 6.45) is 3.79. The molecule has 0 aromatic heterocycles. The number of hydroxylamine groups is 1. The van der Waals surface area contributed by atoms with Gasteiger partial charge in [0.1, 0.15) is 7.05 Å². The zero-order valence-electron chi connectivity index (χ0n) is 10.3. The highest BCUT2D eigenvalue weighted by Gasteiger charge is 2.05. The number of allylic oxidation sites excluding steroid dienone is 1. The van der Waals surface area contributed by atoms with Gasteiger partial charge in [-0.3, -0.25) is 0 Å². The highest BCUT2D eigenvalue weighted by molar-refractivity contribution is 6.07. The molecule has 0 saturated heterocycles. The average Bonchev–Trinajstić information content (AvgIpc) is 2.41. The number of benzene rings is 2. The first-order chi connectivity index (χ1) is 8.77. The van der Waals surface area contributed by atoms with E-state index in [9.17, 15) is 5.21 Å². The first-order valence-corrected chi connectivity index (χ1v) is 5.84. The van der Waals surface area contributed by atoms with E-state index in [-0.39, 0.29) is 0 Å². The summed E-state index contributed by atoms with van der Waals surface area (Å²) in [7, 11) is 1.51. The van der Waals surface area contributed by atoms with Crippen LogP contribution in [0.25, 0.3) is 6.08 Å². The van der Waals surface area contributed by atoms with E-state index in [1.165, 1.54) is 7.05 Å². The van der Waals surface area contributed by atoms with Gasteiger partial charge in [-0.15, -0.1) is 0 Å². The maximum Gasteiger partial charge on any atom is 0.218 e. The summed E-state index contributed by atoms with van der Waals surface area (Å²) in [6.45, 7) is 0. The maximum atomic E-state index is 11.6. The fraction of sp³-hybridized carbons (Fsp3) is 0.0625. The molecule has 0 heterocycles. The molecule has 0 fully saturated rings. The van der Waals surface area contributed by atoms with Crippen LogP contribution in [0.15, 0.2) is 66.7 Å². The molecule has 2 nitrogen and oxygen atoms in total. The van der Waals surface area contributed by atoms with Gasteiger partial charge in [0, 0.05) is 11.6 Å². The zero-order chi connectivity index (χ0) is 12.8. The minimum absolute atomic E-state index is 0.652. The van der Waals surface area contributed by atoms with Crippen LogP contribution in [0.5, 0.6) is 0 Å². The van der Waals surface area contributed by atoms with Gasteiger partial charge in [0.15, 0.2) is 0 Å². The van der Waals surface area contributed by atoms with E-state index in [1.807, 2.05) is 72.8 Å². The van der Waals surface area contributed by atoms with Crippen molar-refractivity contribution in [1.29, 1.82) is 0 Å². The third-order valence-electron chi connectivity index (χ3n) is 2.64. The molecule has 0 spiro atoms. The lowest BCUT2D eigenvalue weighted by Gasteiger charge is -2.03. The van der Waals surface area contributed by atoms with Crippen molar-refractivity contribution in [3.8, 4) is 0 Å². The molecule has 2 aromatic rings. The van der Waals surface area contributed by atoms with Gasteiger partial charge in [0.05, 0.1) is 0 Å². The number of rotatable bonds is 3. The quantitative estimate of drug-likeness (QED) is 0.348. The molecular weight excluding hydrogens is 222 g/mol. The van der Waals surface area contributed by atoms with Crippen LogP contribution in [-0.2, 0) is 0 Å². The summed E-state index contributed by atoms with van der Waals surface area (Å²) < 4.78 is 0.884. The summed E-state index contributed by atoms with van der Waals surface area (Å²) in [5.74, 6) is 0. The summed E-state index contributed by atoms with van der Waals surface area (Å²) >= 11 is 0. The van der Waals surface area contributed by atoms with E-state index in [1.54, 1.807) is 0 Å². The van der Waals surface area contributed by atoms with Gasteiger partial charge in [-0.2, -0.15) is 0 Å². The van der Waals surface area contributed by atoms with Gasteiger partial charge in [-0.05, 0) is 23.8 Å². The lowest BCUT2D eigenvalue weighted by Crippen LogP contribution is -2.10. The van der Waals surface area contributed by atoms with Crippen LogP contribution in [0.2, 0.25) is 0 Å². The summed E-state index contributed by atoms with van der Waals surface area (Å²) in [5, 5.41) is 11.6. The van der Waals surface area contributed by atoms with Crippen LogP contribution in [0.3, 0.4) is 0 Å². The molecule has 90 valence electrons. The Balaban J connectivity index is 2.30. The standard InChI is InChI=1S/C16H15NO/c1-17(18)16(15-10-6-3-7-11-15)13-12-14-8-4-2-5-9-14/h2-13H,1H3/b13-12+,17-16-. The van der Waals surface area contributed by atoms with Crippen molar-refractivity contribution in [3.63, 3.8) is 0 Å². The molecule has 0 saturated carbocycles. The predicted molar refractivity (Wildman–Crippen MR) is 75.6 cm³/mol. The van der Waals surface area contributed by atoms with Crippen LogP contribution in [0, 0.1) is 5.21 Å². The van der Waals surface area contributed by atoms with Crippen molar-refractivity contribution in [1.82, 2.24) is 0 Å². The van der Waals surface area contributed by atoms with Gasteiger partial charge in [0.25, 0.3) is 0 Å². The molecule has 18 heavy (non-hydrogen) atoms. The maximum absolute atomic E-state index is 11.6. The Hall–Kier alpha value is -2.35. The van der Waals surface area contributed by atoms with Gasteiger partial charge in [0.2, 0.25) is 5.71 Å². The molecule has 0 radical (unpaired) electrons. The molecule has 0 amide bonds. The first-order valence-electron chi connectivity index (χ1n) is 5.84. The Labute approximate surface area is 107 Å². The Morgan fingerprint density at radius 1 is 0.944 bits per heavy atom. The molecule has 0 atom stereocenters. The van der Waals surface area contributed by atoms with Crippen molar-refractivity contribution < 1.29 is 4.74 Å². The van der Waals surface area contributed by atoms with Crippen molar-refractivity contribution in [2.45, 2.75) is 0 Å². The second kappa shape index (κ2) is 5.82. The minimum Gasteiger partial charge on any atom is -0.624 e. The fourth-order valence-corrected chi connectivity index (χ4v) is 1.73. The predicted octanol–water partition coefficient (Wildman–Crippen LogP) is 3.33. The molecule has 2 aromatic carbocycles. The number of hydrogen-bond acceptors (Lipinski definition) is 1. The normalized spacial score (nSPS) is 12.5.